The van der Waals surface area contributed by atoms with Gasteiger partial charge in [0.1, 0.15) is 5.76 Å². The summed E-state index contributed by atoms with van der Waals surface area (Å²) >= 11 is 0. The number of hydrogen-bond acceptors (Lipinski definition) is 3. The van der Waals surface area contributed by atoms with Gasteiger partial charge in [-0.05, 0) is 82.5 Å². The van der Waals surface area contributed by atoms with E-state index in [1.807, 2.05) is 6.26 Å². The van der Waals surface area contributed by atoms with Gasteiger partial charge in [0.15, 0.2) is 0 Å². The predicted octanol–water partition coefficient (Wildman–Crippen LogP) is 5.07. The zero-order valence-electron chi connectivity index (χ0n) is 18.2. The summed E-state index contributed by atoms with van der Waals surface area (Å²) in [5.41, 5.74) is 0.966. The van der Waals surface area contributed by atoms with E-state index >= 15 is 0 Å². The van der Waals surface area contributed by atoms with Crippen LogP contribution in [-0.2, 0) is 11.2 Å². The zero-order valence-corrected chi connectivity index (χ0v) is 18.2. The highest BCUT2D eigenvalue weighted by Gasteiger charge is 2.57. The smallest absolute Gasteiger partial charge is 0.231 e. The van der Waals surface area contributed by atoms with Crippen LogP contribution in [0.2, 0.25) is 0 Å². The van der Waals surface area contributed by atoms with Crippen LogP contribution in [-0.4, -0.2) is 47.9 Å². The summed E-state index contributed by atoms with van der Waals surface area (Å²) in [5, 5.41) is 0. The van der Waals surface area contributed by atoms with Gasteiger partial charge in [-0.1, -0.05) is 24.3 Å². The van der Waals surface area contributed by atoms with E-state index in [-0.39, 0.29) is 17.4 Å². The fourth-order valence-corrected chi connectivity index (χ4v) is 6.29. The van der Waals surface area contributed by atoms with E-state index in [4.69, 9.17) is 4.42 Å². The first kappa shape index (κ1) is 20.1. The number of fused-ring (bicyclic) bond motifs is 8. The minimum Gasteiger partial charge on any atom is -0.469 e. The highest BCUT2D eigenvalue weighted by Crippen LogP contribution is 2.52. The number of carbonyl (C=O) groups excluding carboxylic acids is 1. The second kappa shape index (κ2) is 8.74. The number of aryl methyl sites for hydroxylation is 1. The molecule has 2 fully saturated rings. The zero-order chi connectivity index (χ0) is 20.4. The molecule has 1 aromatic heterocycles. The average Bonchev–Trinajstić information content (AvgIpc) is 3.28. The molecule has 0 saturated carbocycles. The van der Waals surface area contributed by atoms with Crippen molar-refractivity contribution in [3.8, 4) is 0 Å². The van der Waals surface area contributed by atoms with E-state index in [2.05, 4.69) is 40.2 Å². The normalized spacial score (nSPS) is 37.1. The van der Waals surface area contributed by atoms with Gasteiger partial charge in [0, 0.05) is 25.4 Å². The number of nitrogens with zero attached hydrogens (tertiary/aromatic N) is 2. The van der Waals surface area contributed by atoms with Crippen molar-refractivity contribution in [1.29, 1.82) is 0 Å². The summed E-state index contributed by atoms with van der Waals surface area (Å²) in [6, 6.07) is 2.53. The maximum Gasteiger partial charge on any atom is 0.231 e. The standard InChI is InChI=1S/C26H36N2O2/c29-25-26(18-22-11-7-4-6-10-15-28(22)25)20-27-14-9-5-2-1-3-8-12-23-17-21(19-30-23)24(26)13-16-27/h1,3,7,11,17,19,22,24H,2,4-6,8-10,12-16,18,20H2/b3-1-,11-7-/t22-,24-,26-/m0/s1. The van der Waals surface area contributed by atoms with Crippen LogP contribution in [0.15, 0.2) is 41.1 Å². The molecule has 1 aromatic rings. The summed E-state index contributed by atoms with van der Waals surface area (Å²) in [4.78, 5) is 18.8. The molecule has 5 aliphatic heterocycles. The topological polar surface area (TPSA) is 36.7 Å². The molecule has 2 saturated heterocycles. The number of amides is 1. The molecule has 4 nitrogen and oxygen atoms in total. The summed E-state index contributed by atoms with van der Waals surface area (Å²) < 4.78 is 5.98. The van der Waals surface area contributed by atoms with Crippen molar-refractivity contribution >= 4 is 5.91 Å². The molecule has 1 amide bonds. The van der Waals surface area contributed by atoms with Crippen LogP contribution in [0.3, 0.4) is 0 Å². The highest BCUT2D eigenvalue weighted by atomic mass is 16.3. The van der Waals surface area contributed by atoms with E-state index in [9.17, 15) is 4.79 Å². The third-order valence-electron chi connectivity index (χ3n) is 7.84. The van der Waals surface area contributed by atoms with Gasteiger partial charge >= 0.3 is 0 Å². The Bertz CT molecular complexity index is 810. The summed E-state index contributed by atoms with van der Waals surface area (Å²) in [6.07, 6.45) is 22.3. The molecule has 4 bridgehead atoms. The van der Waals surface area contributed by atoms with Gasteiger partial charge in [-0.25, -0.2) is 0 Å². The molecule has 6 heterocycles. The van der Waals surface area contributed by atoms with Gasteiger partial charge < -0.3 is 14.2 Å². The Balaban J connectivity index is 1.50. The second-order valence-electron chi connectivity index (χ2n) is 9.82. The minimum atomic E-state index is -0.294. The van der Waals surface area contributed by atoms with Crippen LogP contribution < -0.4 is 0 Å². The van der Waals surface area contributed by atoms with Crippen molar-refractivity contribution in [2.75, 3.05) is 26.2 Å². The molecule has 4 atom stereocenters. The molecule has 30 heavy (non-hydrogen) atoms. The number of carbonyl (C=O) groups is 1. The maximum atomic E-state index is 14.0. The molecule has 0 aromatic carbocycles. The van der Waals surface area contributed by atoms with Gasteiger partial charge in [0.25, 0.3) is 0 Å². The number of hydrogen-bond donors (Lipinski definition) is 0. The van der Waals surface area contributed by atoms with Crippen LogP contribution >= 0.6 is 0 Å². The second-order valence-corrected chi connectivity index (χ2v) is 9.82. The first-order chi connectivity index (χ1) is 14.8. The molecule has 0 aliphatic carbocycles. The Morgan fingerprint density at radius 3 is 2.73 bits per heavy atom. The lowest BCUT2D eigenvalue weighted by molar-refractivity contribution is -0.140. The van der Waals surface area contributed by atoms with Gasteiger partial charge in [-0.2, -0.15) is 0 Å². The number of piperidine rings is 1. The Morgan fingerprint density at radius 1 is 0.967 bits per heavy atom. The SMILES string of the molecule is O=C1N2CCCC/C=C\[C@H]2C[C@@]12CN1CCCC/C=C\CCc3cc(co3)[C@@H]2CC1. The third-order valence-corrected chi connectivity index (χ3v) is 7.84. The van der Waals surface area contributed by atoms with Gasteiger partial charge in [-0.15, -0.1) is 0 Å². The molecular weight excluding hydrogens is 372 g/mol. The van der Waals surface area contributed by atoms with Gasteiger partial charge in [0.05, 0.1) is 17.7 Å². The summed E-state index contributed by atoms with van der Waals surface area (Å²) in [5.74, 6) is 1.75. The molecule has 1 spiro atoms. The summed E-state index contributed by atoms with van der Waals surface area (Å²) in [6.45, 7) is 4.04. The van der Waals surface area contributed by atoms with Crippen molar-refractivity contribution in [3.05, 3.63) is 48.0 Å². The highest BCUT2D eigenvalue weighted by molar-refractivity contribution is 5.87. The monoisotopic (exact) mass is 408 g/mol. The first-order valence-electron chi connectivity index (χ1n) is 12.2. The van der Waals surface area contributed by atoms with Crippen LogP contribution in [0.5, 0.6) is 0 Å². The van der Waals surface area contributed by atoms with Gasteiger partial charge in [0.2, 0.25) is 5.91 Å². The molecule has 5 aliphatic rings. The number of rotatable bonds is 0. The third kappa shape index (κ3) is 3.79. The summed E-state index contributed by atoms with van der Waals surface area (Å²) in [7, 11) is 0. The fraction of sp³-hybridized carbons (Fsp3) is 0.654. The van der Waals surface area contributed by atoms with Gasteiger partial charge in [-0.3, -0.25) is 4.79 Å². The van der Waals surface area contributed by atoms with Crippen molar-refractivity contribution in [2.24, 2.45) is 5.41 Å². The lowest BCUT2D eigenvalue weighted by Gasteiger charge is -2.45. The Hall–Kier alpha value is -1.81. The van der Waals surface area contributed by atoms with E-state index in [0.29, 0.717) is 5.91 Å². The average molecular weight is 409 g/mol. The van der Waals surface area contributed by atoms with Crippen molar-refractivity contribution in [3.63, 3.8) is 0 Å². The van der Waals surface area contributed by atoms with E-state index in [1.54, 1.807) is 0 Å². The molecule has 4 heteroatoms. The van der Waals surface area contributed by atoms with Crippen LogP contribution in [0.4, 0.5) is 0 Å². The first-order valence-corrected chi connectivity index (χ1v) is 12.2. The van der Waals surface area contributed by atoms with Crippen LogP contribution in [0.25, 0.3) is 0 Å². The van der Waals surface area contributed by atoms with Crippen molar-refractivity contribution in [1.82, 2.24) is 9.80 Å². The lowest BCUT2D eigenvalue weighted by Crippen LogP contribution is -2.52. The van der Waals surface area contributed by atoms with Crippen molar-refractivity contribution in [2.45, 2.75) is 76.2 Å². The van der Waals surface area contributed by atoms with Crippen LogP contribution in [0.1, 0.15) is 75.0 Å². The Kier molecular flexibility index (Phi) is 5.86. The predicted molar refractivity (Wildman–Crippen MR) is 119 cm³/mol. The molecular formula is C26H36N2O2. The molecule has 162 valence electrons. The minimum absolute atomic E-state index is 0.276. The largest absolute Gasteiger partial charge is 0.469 e. The maximum absolute atomic E-state index is 14.0. The number of furan rings is 1. The molecule has 0 N–H and O–H groups in total. The van der Waals surface area contributed by atoms with Crippen molar-refractivity contribution < 1.29 is 9.21 Å². The quantitative estimate of drug-likeness (QED) is 0.563. The Labute approximate surface area is 181 Å². The van der Waals surface area contributed by atoms with E-state index < -0.39 is 0 Å². The fourth-order valence-electron chi connectivity index (χ4n) is 6.29. The van der Waals surface area contributed by atoms with E-state index in [0.717, 1.165) is 76.9 Å². The van der Waals surface area contributed by atoms with E-state index in [1.165, 1.54) is 24.8 Å². The molecule has 6 rings (SSSR count). The Morgan fingerprint density at radius 2 is 1.80 bits per heavy atom. The molecule has 0 radical (unpaired) electrons. The lowest BCUT2D eigenvalue weighted by atomic mass is 9.66. The van der Waals surface area contributed by atoms with Crippen LogP contribution in [0, 0.1) is 5.41 Å². The molecule has 1 unspecified atom stereocenters. The number of allylic oxidation sites excluding steroid dienone is 3.